The second-order valence-corrected chi connectivity index (χ2v) is 4.85. The maximum atomic E-state index is 2.47. The van der Waals surface area contributed by atoms with E-state index >= 15 is 0 Å². The third-order valence-electron chi connectivity index (χ3n) is 3.24. The summed E-state index contributed by atoms with van der Waals surface area (Å²) in [6.07, 6.45) is 1.23. The predicted octanol–water partition coefficient (Wildman–Crippen LogP) is 2.45. The third-order valence-corrected chi connectivity index (χ3v) is 3.24. The summed E-state index contributed by atoms with van der Waals surface area (Å²) in [5.41, 5.74) is 0. The maximum absolute atomic E-state index is 2.47. The van der Waals surface area contributed by atoms with Gasteiger partial charge in [-0.15, -0.1) is 0 Å². The minimum atomic E-state index is 0.639. The molecule has 0 saturated carbocycles. The van der Waals surface area contributed by atoms with E-state index in [4.69, 9.17) is 0 Å². The zero-order valence-corrected chi connectivity index (χ0v) is 11.0. The second-order valence-electron chi connectivity index (χ2n) is 4.85. The van der Waals surface area contributed by atoms with Crippen LogP contribution in [0.15, 0.2) is 0 Å². The van der Waals surface area contributed by atoms with Crippen molar-refractivity contribution < 1.29 is 0 Å². The van der Waals surface area contributed by atoms with E-state index in [1.165, 1.54) is 13.0 Å². The largest absolute Gasteiger partial charge is 0.302 e. The Morgan fingerprint density at radius 3 is 1.71 bits per heavy atom. The van der Waals surface area contributed by atoms with E-state index < -0.39 is 0 Å². The van der Waals surface area contributed by atoms with Crippen LogP contribution in [0, 0.1) is 0 Å². The molecule has 0 N–H and O–H groups in total. The molecule has 0 rings (SSSR count). The van der Waals surface area contributed by atoms with Gasteiger partial charge in [0.05, 0.1) is 0 Å². The maximum Gasteiger partial charge on any atom is 0.0220 e. The molecule has 14 heavy (non-hydrogen) atoms. The van der Waals surface area contributed by atoms with Crippen LogP contribution in [-0.4, -0.2) is 48.6 Å². The van der Waals surface area contributed by atoms with Crippen LogP contribution >= 0.6 is 0 Å². The average molecular weight is 200 g/mol. The smallest absolute Gasteiger partial charge is 0.0220 e. The summed E-state index contributed by atoms with van der Waals surface area (Å²) in [6, 6.07) is 1.97. The zero-order chi connectivity index (χ0) is 11.3. The first-order valence-corrected chi connectivity index (χ1v) is 5.82. The number of rotatable bonds is 6. The average Bonchev–Trinajstić information content (AvgIpc) is 2.12. The molecule has 2 nitrogen and oxygen atoms in total. The Hall–Kier alpha value is -0.0800. The molecule has 0 bridgehead atoms. The van der Waals surface area contributed by atoms with Crippen LogP contribution in [0.4, 0.5) is 0 Å². The molecule has 0 aliphatic heterocycles. The fourth-order valence-corrected chi connectivity index (χ4v) is 1.51. The highest BCUT2D eigenvalue weighted by atomic mass is 15.2. The van der Waals surface area contributed by atoms with Gasteiger partial charge in [0, 0.05) is 24.7 Å². The van der Waals surface area contributed by atoms with Gasteiger partial charge in [0.2, 0.25) is 0 Å². The lowest BCUT2D eigenvalue weighted by Crippen LogP contribution is -2.45. The van der Waals surface area contributed by atoms with Crippen LogP contribution in [0.3, 0.4) is 0 Å². The van der Waals surface area contributed by atoms with Gasteiger partial charge in [0.25, 0.3) is 0 Å². The van der Waals surface area contributed by atoms with Gasteiger partial charge < -0.3 is 4.90 Å². The monoisotopic (exact) mass is 200 g/mol. The Bertz CT molecular complexity index is 143. The van der Waals surface area contributed by atoms with Crippen LogP contribution in [0.5, 0.6) is 0 Å². The van der Waals surface area contributed by atoms with E-state index in [1.54, 1.807) is 0 Å². The van der Waals surface area contributed by atoms with Crippen molar-refractivity contribution in [3.05, 3.63) is 0 Å². The van der Waals surface area contributed by atoms with E-state index in [0.717, 1.165) is 0 Å². The number of hydrogen-bond acceptors (Lipinski definition) is 2. The highest BCUT2D eigenvalue weighted by Crippen LogP contribution is 2.08. The van der Waals surface area contributed by atoms with Gasteiger partial charge in [-0.2, -0.15) is 0 Å². The van der Waals surface area contributed by atoms with Crippen LogP contribution in [0.1, 0.15) is 41.0 Å². The Morgan fingerprint density at radius 1 is 0.929 bits per heavy atom. The molecule has 0 spiro atoms. The first kappa shape index (κ1) is 13.9. The Kier molecular flexibility index (Phi) is 6.38. The lowest BCUT2D eigenvalue weighted by atomic mass is 10.1. The predicted molar refractivity (Wildman–Crippen MR) is 64.7 cm³/mol. The SMILES string of the molecule is CC[C@H](CN(C)C(C)C)N(C)C(C)C. The van der Waals surface area contributed by atoms with Crippen molar-refractivity contribution in [1.82, 2.24) is 9.80 Å². The molecule has 0 fully saturated rings. The fourth-order valence-electron chi connectivity index (χ4n) is 1.51. The number of hydrogen-bond donors (Lipinski definition) is 0. The van der Waals surface area contributed by atoms with Crippen LogP contribution in [0.25, 0.3) is 0 Å². The molecule has 0 radical (unpaired) electrons. The fraction of sp³-hybridized carbons (Fsp3) is 1.00. The quantitative estimate of drug-likeness (QED) is 0.650. The number of nitrogens with zero attached hydrogens (tertiary/aromatic N) is 2. The van der Waals surface area contributed by atoms with Gasteiger partial charge in [-0.25, -0.2) is 0 Å². The number of likely N-dealkylation sites (N-methyl/N-ethyl adjacent to an activating group) is 2. The van der Waals surface area contributed by atoms with E-state index in [9.17, 15) is 0 Å². The van der Waals surface area contributed by atoms with Crippen molar-refractivity contribution in [2.45, 2.75) is 59.2 Å². The van der Waals surface area contributed by atoms with Crippen molar-refractivity contribution in [2.24, 2.45) is 0 Å². The topological polar surface area (TPSA) is 6.48 Å². The first-order valence-electron chi connectivity index (χ1n) is 5.82. The lowest BCUT2D eigenvalue weighted by molar-refractivity contribution is 0.132. The minimum absolute atomic E-state index is 0.639. The van der Waals surface area contributed by atoms with E-state index in [-0.39, 0.29) is 0 Å². The summed E-state index contributed by atoms with van der Waals surface area (Å²) in [5, 5.41) is 0. The van der Waals surface area contributed by atoms with Gasteiger partial charge in [0.1, 0.15) is 0 Å². The van der Waals surface area contributed by atoms with Gasteiger partial charge in [0.15, 0.2) is 0 Å². The van der Waals surface area contributed by atoms with Crippen LogP contribution in [-0.2, 0) is 0 Å². The highest BCUT2D eigenvalue weighted by molar-refractivity contribution is 4.74. The molecule has 86 valence electrons. The summed E-state index contributed by atoms with van der Waals surface area (Å²) < 4.78 is 0. The molecule has 2 heteroatoms. The standard InChI is InChI=1S/C12H28N2/c1-8-12(14(7)11(4)5)9-13(6)10(2)3/h10-12H,8-9H2,1-7H3/t12-/m1/s1. The third kappa shape index (κ3) is 4.43. The molecule has 0 aliphatic carbocycles. The molecule has 0 aromatic rings. The minimum Gasteiger partial charge on any atom is -0.302 e. The zero-order valence-electron chi connectivity index (χ0n) is 11.0. The van der Waals surface area contributed by atoms with Crippen molar-refractivity contribution in [3.63, 3.8) is 0 Å². The molecule has 0 unspecified atom stereocenters. The molecule has 0 aliphatic rings. The molecule has 0 amide bonds. The first-order chi connectivity index (χ1) is 6.40. The van der Waals surface area contributed by atoms with Gasteiger partial charge in [-0.05, 0) is 48.2 Å². The molecule has 0 heterocycles. The highest BCUT2D eigenvalue weighted by Gasteiger charge is 2.17. The molecule has 0 aromatic heterocycles. The molecule has 1 atom stereocenters. The lowest BCUT2D eigenvalue weighted by Gasteiger charge is -2.35. The summed E-state index contributed by atoms with van der Waals surface area (Å²) in [6.45, 7) is 12.5. The van der Waals surface area contributed by atoms with E-state index in [0.29, 0.717) is 18.1 Å². The Balaban J connectivity index is 4.14. The van der Waals surface area contributed by atoms with E-state index in [1.807, 2.05) is 0 Å². The van der Waals surface area contributed by atoms with Gasteiger partial charge >= 0.3 is 0 Å². The van der Waals surface area contributed by atoms with E-state index in [2.05, 4.69) is 58.5 Å². The van der Waals surface area contributed by atoms with Crippen molar-refractivity contribution in [3.8, 4) is 0 Å². The Morgan fingerprint density at radius 2 is 1.43 bits per heavy atom. The summed E-state index contributed by atoms with van der Waals surface area (Å²) >= 11 is 0. The van der Waals surface area contributed by atoms with Crippen molar-refractivity contribution in [2.75, 3.05) is 20.6 Å². The normalized spacial score (nSPS) is 14.8. The summed E-state index contributed by atoms with van der Waals surface area (Å²) in [4.78, 5) is 4.89. The molecular weight excluding hydrogens is 172 g/mol. The molecule has 0 saturated heterocycles. The molecule has 0 aromatic carbocycles. The molecular formula is C12H28N2. The van der Waals surface area contributed by atoms with Crippen molar-refractivity contribution >= 4 is 0 Å². The van der Waals surface area contributed by atoms with Crippen LogP contribution < -0.4 is 0 Å². The Labute approximate surface area is 90.3 Å². The summed E-state index contributed by atoms with van der Waals surface area (Å²) in [5.74, 6) is 0. The second kappa shape index (κ2) is 6.41. The van der Waals surface area contributed by atoms with Gasteiger partial charge in [-0.1, -0.05) is 6.92 Å². The van der Waals surface area contributed by atoms with Crippen molar-refractivity contribution in [1.29, 1.82) is 0 Å². The summed E-state index contributed by atoms with van der Waals surface area (Å²) in [7, 11) is 4.44. The van der Waals surface area contributed by atoms with Gasteiger partial charge in [-0.3, -0.25) is 4.90 Å². The van der Waals surface area contributed by atoms with Crippen LogP contribution in [0.2, 0.25) is 0 Å².